The minimum Gasteiger partial charge on any atom is -0.312 e. The van der Waals surface area contributed by atoms with Gasteiger partial charge in [-0.15, -0.1) is 6.58 Å². The third-order valence-corrected chi connectivity index (χ3v) is 4.32. The minimum absolute atomic E-state index is 0.643. The Bertz CT molecular complexity index is 269. The molecule has 0 amide bonds. The topological polar surface area (TPSA) is 18.5 Å². The molecule has 18 heavy (non-hydrogen) atoms. The molecule has 3 aliphatic rings. The summed E-state index contributed by atoms with van der Waals surface area (Å²) in [5, 5.41) is 3.77. The van der Waals surface area contributed by atoms with Crippen LogP contribution in [0.1, 0.15) is 33.1 Å². The second-order valence-corrected chi connectivity index (χ2v) is 5.96. The van der Waals surface area contributed by atoms with Gasteiger partial charge in [0.15, 0.2) is 0 Å². The molecular weight excluding hydrogens is 222 g/mol. The van der Waals surface area contributed by atoms with Gasteiger partial charge >= 0.3 is 0 Å². The Hall–Kier alpha value is -0.380. The van der Waals surface area contributed by atoms with Gasteiger partial charge in [0, 0.05) is 44.8 Å². The van der Waals surface area contributed by atoms with Crippen LogP contribution in [0, 0.1) is 0 Å². The van der Waals surface area contributed by atoms with Crippen LogP contribution in [0.2, 0.25) is 0 Å². The van der Waals surface area contributed by atoms with Crippen LogP contribution in [0.15, 0.2) is 12.2 Å². The lowest BCUT2D eigenvalue weighted by molar-refractivity contribution is -0.00436. The van der Waals surface area contributed by atoms with Gasteiger partial charge in [0.25, 0.3) is 0 Å². The van der Waals surface area contributed by atoms with Gasteiger partial charge in [0.05, 0.1) is 0 Å². The molecule has 3 fully saturated rings. The molecule has 3 aliphatic heterocycles. The van der Waals surface area contributed by atoms with Crippen LogP contribution in [-0.2, 0) is 0 Å². The Morgan fingerprint density at radius 1 is 1.33 bits per heavy atom. The molecule has 2 unspecified atom stereocenters. The summed E-state index contributed by atoms with van der Waals surface area (Å²) in [4.78, 5) is 5.33. The highest BCUT2D eigenvalue weighted by Gasteiger charge is 2.36. The number of nitrogens with zero attached hydrogens (tertiary/aromatic N) is 2. The molecule has 0 aromatic heterocycles. The highest BCUT2D eigenvalue weighted by atomic mass is 15.4. The van der Waals surface area contributed by atoms with Crippen molar-refractivity contribution in [3.8, 4) is 0 Å². The average Bonchev–Trinajstić information content (AvgIpc) is 2.40. The Kier molecular flexibility index (Phi) is 5.22. The largest absolute Gasteiger partial charge is 0.312 e. The van der Waals surface area contributed by atoms with E-state index in [1.807, 2.05) is 0 Å². The van der Waals surface area contributed by atoms with E-state index in [9.17, 15) is 0 Å². The molecule has 1 N–H and O–H groups in total. The summed E-state index contributed by atoms with van der Waals surface area (Å²) in [6, 6.07) is 1.36. The molecule has 2 bridgehead atoms. The maximum absolute atomic E-state index is 4.05. The average molecular weight is 251 g/mol. The van der Waals surface area contributed by atoms with Crippen LogP contribution < -0.4 is 5.32 Å². The zero-order valence-corrected chi connectivity index (χ0v) is 12.1. The molecule has 2 atom stereocenters. The standard InChI is InChI=1S/C15H29N3/c1-4-7-16-14(6-5-13(2)3)15-12-17-8-10-18(15)11-9-17/h14-16H,2,4-12H2,1,3H3. The van der Waals surface area contributed by atoms with Crippen LogP contribution in [0.3, 0.4) is 0 Å². The summed E-state index contributed by atoms with van der Waals surface area (Å²) in [6.07, 6.45) is 3.62. The Morgan fingerprint density at radius 2 is 2.06 bits per heavy atom. The maximum Gasteiger partial charge on any atom is 0.0377 e. The van der Waals surface area contributed by atoms with Crippen molar-refractivity contribution in [2.24, 2.45) is 0 Å². The molecule has 3 saturated heterocycles. The SMILES string of the molecule is C=C(C)CCC(NCCC)C1CN2CCN1CC2. The molecule has 3 heterocycles. The first kappa shape index (κ1) is 14.0. The smallest absolute Gasteiger partial charge is 0.0377 e. The van der Waals surface area contributed by atoms with Gasteiger partial charge in [0.2, 0.25) is 0 Å². The fourth-order valence-electron chi connectivity index (χ4n) is 3.20. The molecule has 0 aromatic carbocycles. The predicted molar refractivity (Wildman–Crippen MR) is 77.9 cm³/mol. The third kappa shape index (κ3) is 3.56. The highest BCUT2D eigenvalue weighted by Crippen LogP contribution is 2.21. The van der Waals surface area contributed by atoms with Crippen molar-refractivity contribution >= 4 is 0 Å². The van der Waals surface area contributed by atoms with Crippen molar-refractivity contribution in [1.29, 1.82) is 0 Å². The lowest BCUT2D eigenvalue weighted by Gasteiger charge is -2.50. The van der Waals surface area contributed by atoms with Gasteiger partial charge in [-0.25, -0.2) is 0 Å². The van der Waals surface area contributed by atoms with Gasteiger partial charge in [-0.05, 0) is 32.7 Å². The van der Waals surface area contributed by atoms with Crippen LogP contribution in [0.25, 0.3) is 0 Å². The number of fused-ring (bicyclic) bond motifs is 3. The van der Waals surface area contributed by atoms with E-state index in [2.05, 4.69) is 35.5 Å². The Morgan fingerprint density at radius 3 is 2.56 bits per heavy atom. The first-order valence-electron chi connectivity index (χ1n) is 7.55. The zero-order valence-electron chi connectivity index (χ0n) is 12.1. The number of nitrogens with one attached hydrogen (secondary N) is 1. The summed E-state index contributed by atoms with van der Waals surface area (Å²) in [6.45, 7) is 15.9. The maximum atomic E-state index is 4.05. The van der Waals surface area contributed by atoms with E-state index in [0.29, 0.717) is 6.04 Å². The van der Waals surface area contributed by atoms with Crippen LogP contribution in [0.5, 0.6) is 0 Å². The number of piperazine rings is 3. The van der Waals surface area contributed by atoms with E-state index >= 15 is 0 Å². The first-order valence-corrected chi connectivity index (χ1v) is 7.55. The molecule has 3 heteroatoms. The zero-order chi connectivity index (χ0) is 13.0. The molecule has 0 aromatic rings. The fourth-order valence-corrected chi connectivity index (χ4v) is 3.20. The van der Waals surface area contributed by atoms with Gasteiger partial charge in [0.1, 0.15) is 0 Å². The van der Waals surface area contributed by atoms with E-state index in [1.54, 1.807) is 0 Å². The van der Waals surface area contributed by atoms with Gasteiger partial charge < -0.3 is 5.32 Å². The number of allylic oxidation sites excluding steroid dienone is 1. The van der Waals surface area contributed by atoms with Crippen LogP contribution in [0.4, 0.5) is 0 Å². The van der Waals surface area contributed by atoms with Crippen molar-refractivity contribution in [3.63, 3.8) is 0 Å². The summed E-state index contributed by atoms with van der Waals surface area (Å²) >= 11 is 0. The van der Waals surface area contributed by atoms with Crippen LogP contribution in [-0.4, -0.2) is 61.2 Å². The highest BCUT2D eigenvalue weighted by molar-refractivity contribution is 4.97. The molecule has 0 aliphatic carbocycles. The van der Waals surface area contributed by atoms with E-state index in [4.69, 9.17) is 0 Å². The second-order valence-electron chi connectivity index (χ2n) is 5.96. The van der Waals surface area contributed by atoms with Crippen molar-refractivity contribution < 1.29 is 0 Å². The summed E-state index contributed by atoms with van der Waals surface area (Å²) in [5.41, 5.74) is 1.31. The first-order chi connectivity index (χ1) is 8.70. The van der Waals surface area contributed by atoms with E-state index < -0.39 is 0 Å². The predicted octanol–water partition coefficient (Wildman–Crippen LogP) is 1.71. The Balaban J connectivity index is 1.91. The molecule has 104 valence electrons. The molecule has 0 spiro atoms. The normalized spacial score (nSPS) is 32.4. The van der Waals surface area contributed by atoms with Crippen molar-refractivity contribution in [3.05, 3.63) is 12.2 Å². The fraction of sp³-hybridized carbons (Fsp3) is 0.867. The molecule has 3 nitrogen and oxygen atoms in total. The number of hydrogen-bond acceptors (Lipinski definition) is 3. The third-order valence-electron chi connectivity index (χ3n) is 4.32. The molecule has 0 radical (unpaired) electrons. The van der Waals surface area contributed by atoms with E-state index in [-0.39, 0.29) is 0 Å². The molecule has 3 rings (SSSR count). The summed E-state index contributed by atoms with van der Waals surface area (Å²) < 4.78 is 0. The Labute approximate surface area is 112 Å². The van der Waals surface area contributed by atoms with Crippen molar-refractivity contribution in [2.75, 3.05) is 39.3 Å². The number of rotatable bonds is 7. The van der Waals surface area contributed by atoms with Gasteiger partial charge in [-0.1, -0.05) is 12.5 Å². The summed E-state index contributed by atoms with van der Waals surface area (Å²) in [5.74, 6) is 0. The lowest BCUT2D eigenvalue weighted by Crippen LogP contribution is -2.66. The number of hydrogen-bond donors (Lipinski definition) is 1. The molecular formula is C15H29N3. The van der Waals surface area contributed by atoms with Gasteiger partial charge in [-0.3, -0.25) is 9.80 Å². The summed E-state index contributed by atoms with van der Waals surface area (Å²) in [7, 11) is 0. The van der Waals surface area contributed by atoms with Gasteiger partial charge in [-0.2, -0.15) is 0 Å². The quantitative estimate of drug-likeness (QED) is 0.695. The molecule has 0 saturated carbocycles. The van der Waals surface area contributed by atoms with E-state index in [1.165, 1.54) is 51.1 Å². The second kappa shape index (κ2) is 6.69. The van der Waals surface area contributed by atoms with Crippen molar-refractivity contribution in [1.82, 2.24) is 15.1 Å². The lowest BCUT2D eigenvalue weighted by atomic mass is 9.95. The monoisotopic (exact) mass is 251 g/mol. The van der Waals surface area contributed by atoms with Crippen LogP contribution >= 0.6 is 0 Å². The van der Waals surface area contributed by atoms with E-state index in [0.717, 1.165) is 19.0 Å². The minimum atomic E-state index is 0.643. The van der Waals surface area contributed by atoms with Crippen molar-refractivity contribution in [2.45, 2.75) is 45.2 Å².